The van der Waals surface area contributed by atoms with Crippen LogP contribution in [0.5, 0.6) is 0 Å². The normalized spacial score (nSPS) is 17.2. The molecule has 1 aliphatic heterocycles. The largest absolute Gasteiger partial charge is 0.310 e. The van der Waals surface area contributed by atoms with Gasteiger partial charge in [0.25, 0.3) is 0 Å². The zero-order valence-electron chi connectivity index (χ0n) is 13.4. The molecule has 0 unspecified atom stereocenters. The predicted molar refractivity (Wildman–Crippen MR) is 100 cm³/mol. The van der Waals surface area contributed by atoms with E-state index in [1.165, 1.54) is 11.1 Å². The number of hydrogen-bond donors (Lipinski definition) is 1. The maximum atomic E-state index is 12.2. The van der Waals surface area contributed by atoms with Crippen LogP contribution in [-0.2, 0) is 4.79 Å². The molecule has 0 saturated heterocycles. The number of aromatic nitrogens is 2. The third-order valence-corrected chi connectivity index (χ3v) is 6.10. The van der Waals surface area contributed by atoms with Gasteiger partial charge in [-0.15, -0.1) is 11.8 Å². The van der Waals surface area contributed by atoms with Gasteiger partial charge in [0.15, 0.2) is 0 Å². The molecule has 0 bridgehead atoms. The molecule has 3 heterocycles. The zero-order valence-corrected chi connectivity index (χ0v) is 15.1. The Balaban J connectivity index is 1.89. The van der Waals surface area contributed by atoms with Gasteiger partial charge in [-0.05, 0) is 48.4 Å². The zero-order chi connectivity index (χ0) is 16.7. The van der Waals surface area contributed by atoms with Crippen molar-refractivity contribution in [3.05, 3.63) is 63.5 Å². The molecule has 1 N–H and O–H groups in total. The van der Waals surface area contributed by atoms with Gasteiger partial charge in [0.2, 0.25) is 5.91 Å². The van der Waals surface area contributed by atoms with Gasteiger partial charge < -0.3 is 5.32 Å². The first kappa shape index (κ1) is 15.5. The molecule has 0 spiro atoms. The van der Waals surface area contributed by atoms with Gasteiger partial charge in [0, 0.05) is 5.56 Å². The van der Waals surface area contributed by atoms with E-state index in [1.54, 1.807) is 23.1 Å². The van der Waals surface area contributed by atoms with Gasteiger partial charge in [-0.1, -0.05) is 17.7 Å². The highest BCUT2D eigenvalue weighted by Gasteiger charge is 2.30. The van der Waals surface area contributed by atoms with Crippen molar-refractivity contribution in [2.75, 3.05) is 11.1 Å². The first-order valence-electron chi connectivity index (χ1n) is 7.73. The summed E-state index contributed by atoms with van der Waals surface area (Å²) >= 11 is 3.34. The molecular formula is C18H17N3OS2. The maximum Gasteiger partial charge on any atom is 0.235 e. The monoisotopic (exact) mass is 355 g/mol. The summed E-state index contributed by atoms with van der Waals surface area (Å²) < 4.78 is 1.85. The second kappa shape index (κ2) is 6.11. The summed E-state index contributed by atoms with van der Waals surface area (Å²) in [6, 6.07) is 10.3. The van der Waals surface area contributed by atoms with Crippen LogP contribution in [-0.4, -0.2) is 21.4 Å². The second-order valence-corrected chi connectivity index (χ2v) is 7.76. The number of benzene rings is 1. The molecule has 1 amide bonds. The highest BCUT2D eigenvalue weighted by atomic mass is 32.2. The van der Waals surface area contributed by atoms with Crippen LogP contribution in [0.4, 0.5) is 5.82 Å². The fraction of sp³-hybridized carbons (Fsp3) is 0.222. The van der Waals surface area contributed by atoms with Crippen molar-refractivity contribution in [3.8, 4) is 5.69 Å². The van der Waals surface area contributed by atoms with Crippen molar-refractivity contribution in [1.29, 1.82) is 0 Å². The van der Waals surface area contributed by atoms with Crippen LogP contribution in [0.15, 0.2) is 41.1 Å². The molecule has 4 nitrogen and oxygen atoms in total. The first-order valence-corrected chi connectivity index (χ1v) is 9.73. The van der Waals surface area contributed by atoms with E-state index in [-0.39, 0.29) is 11.2 Å². The minimum Gasteiger partial charge on any atom is -0.310 e. The lowest BCUT2D eigenvalue weighted by Crippen LogP contribution is -2.15. The molecule has 4 rings (SSSR count). The number of thioether (sulfide) groups is 1. The third kappa shape index (κ3) is 2.65. The van der Waals surface area contributed by atoms with Crippen LogP contribution in [0.3, 0.4) is 0 Å². The molecule has 0 fully saturated rings. The van der Waals surface area contributed by atoms with Gasteiger partial charge in [-0.25, -0.2) is 4.68 Å². The van der Waals surface area contributed by atoms with Crippen LogP contribution in [0, 0.1) is 13.8 Å². The van der Waals surface area contributed by atoms with Gasteiger partial charge in [0.1, 0.15) is 5.82 Å². The molecule has 1 aromatic carbocycles. The summed E-state index contributed by atoms with van der Waals surface area (Å²) in [5, 5.41) is 12.1. The molecule has 0 saturated carbocycles. The number of anilines is 1. The number of carbonyl (C=O) groups excluding carboxylic acids is 1. The number of thiophene rings is 1. The van der Waals surface area contributed by atoms with Crippen molar-refractivity contribution in [1.82, 2.24) is 9.78 Å². The number of hydrogen-bond acceptors (Lipinski definition) is 4. The Morgan fingerprint density at radius 3 is 2.71 bits per heavy atom. The molecule has 0 radical (unpaired) electrons. The molecule has 1 aliphatic rings. The summed E-state index contributed by atoms with van der Waals surface area (Å²) in [6.45, 7) is 4.07. The average molecular weight is 355 g/mol. The van der Waals surface area contributed by atoms with E-state index in [9.17, 15) is 4.79 Å². The Kier molecular flexibility index (Phi) is 3.94. The molecule has 24 heavy (non-hydrogen) atoms. The van der Waals surface area contributed by atoms with E-state index in [2.05, 4.69) is 41.2 Å². The third-order valence-electron chi connectivity index (χ3n) is 4.13. The average Bonchev–Trinajstić information content (AvgIpc) is 3.15. The quantitative estimate of drug-likeness (QED) is 0.744. The maximum absolute atomic E-state index is 12.2. The summed E-state index contributed by atoms with van der Waals surface area (Å²) in [4.78, 5) is 12.2. The van der Waals surface area contributed by atoms with Crippen LogP contribution in [0.25, 0.3) is 5.69 Å². The standard InChI is InChI=1S/C18H17N3OS2/c1-11-3-5-14(6-4-11)21-18-16(12(2)20-21)17(13-7-8-23-9-13)24-10-15(22)19-18/h3-9,17H,10H2,1-2H3,(H,19,22)/t17-/m1/s1. The summed E-state index contributed by atoms with van der Waals surface area (Å²) in [5.74, 6) is 1.26. The van der Waals surface area contributed by atoms with E-state index in [4.69, 9.17) is 5.10 Å². The number of amides is 1. The molecule has 0 aliphatic carbocycles. The van der Waals surface area contributed by atoms with E-state index in [0.717, 1.165) is 22.8 Å². The van der Waals surface area contributed by atoms with Gasteiger partial charge in [-0.3, -0.25) is 4.79 Å². The topological polar surface area (TPSA) is 46.9 Å². The fourth-order valence-corrected chi connectivity index (χ4v) is 4.89. The van der Waals surface area contributed by atoms with Crippen molar-refractivity contribution >= 4 is 34.8 Å². The molecule has 6 heteroatoms. The lowest BCUT2D eigenvalue weighted by molar-refractivity contribution is -0.113. The Morgan fingerprint density at radius 2 is 2.00 bits per heavy atom. The van der Waals surface area contributed by atoms with Gasteiger partial charge >= 0.3 is 0 Å². The molecule has 2 aromatic heterocycles. The summed E-state index contributed by atoms with van der Waals surface area (Å²) in [6.07, 6.45) is 0. The van der Waals surface area contributed by atoms with Crippen LogP contribution in [0.2, 0.25) is 0 Å². The van der Waals surface area contributed by atoms with Crippen LogP contribution < -0.4 is 5.32 Å². The lowest BCUT2D eigenvalue weighted by Gasteiger charge is -2.13. The first-order chi connectivity index (χ1) is 11.6. The molecule has 1 atom stereocenters. The van der Waals surface area contributed by atoms with Gasteiger partial charge in [0.05, 0.1) is 22.4 Å². The van der Waals surface area contributed by atoms with Crippen molar-refractivity contribution in [2.45, 2.75) is 19.1 Å². The van der Waals surface area contributed by atoms with E-state index >= 15 is 0 Å². The molecule has 3 aromatic rings. The predicted octanol–water partition coefficient (Wildman–Crippen LogP) is 4.33. The van der Waals surface area contributed by atoms with Crippen molar-refractivity contribution in [2.24, 2.45) is 0 Å². The Morgan fingerprint density at radius 1 is 1.21 bits per heavy atom. The molecule has 122 valence electrons. The minimum absolute atomic E-state index is 0.0206. The second-order valence-electron chi connectivity index (χ2n) is 5.89. The number of fused-ring (bicyclic) bond motifs is 1. The fourth-order valence-electron chi connectivity index (χ4n) is 2.94. The Bertz CT molecular complexity index is 882. The number of aryl methyl sites for hydroxylation is 2. The number of carbonyl (C=O) groups is 1. The minimum atomic E-state index is 0.0206. The van der Waals surface area contributed by atoms with Crippen LogP contribution >= 0.6 is 23.1 Å². The van der Waals surface area contributed by atoms with Crippen LogP contribution in [0.1, 0.15) is 27.6 Å². The SMILES string of the molecule is Cc1ccc(-n2nc(C)c3c2NC(=O)CS[C@@H]3c2ccsc2)cc1. The number of nitrogens with one attached hydrogen (secondary N) is 1. The Hall–Kier alpha value is -2.05. The van der Waals surface area contributed by atoms with E-state index < -0.39 is 0 Å². The van der Waals surface area contributed by atoms with E-state index in [1.807, 2.05) is 23.7 Å². The lowest BCUT2D eigenvalue weighted by atomic mass is 10.1. The Labute approximate surface area is 148 Å². The summed E-state index contributed by atoms with van der Waals surface area (Å²) in [5.41, 5.74) is 5.45. The van der Waals surface area contributed by atoms with Gasteiger partial charge in [-0.2, -0.15) is 16.4 Å². The van der Waals surface area contributed by atoms with E-state index in [0.29, 0.717) is 5.75 Å². The highest BCUT2D eigenvalue weighted by molar-refractivity contribution is 8.00. The highest BCUT2D eigenvalue weighted by Crippen LogP contribution is 2.44. The summed E-state index contributed by atoms with van der Waals surface area (Å²) in [7, 11) is 0. The number of rotatable bonds is 2. The van der Waals surface area contributed by atoms with Crippen molar-refractivity contribution in [3.63, 3.8) is 0 Å². The van der Waals surface area contributed by atoms with Crippen molar-refractivity contribution < 1.29 is 4.79 Å². The number of nitrogens with zero attached hydrogens (tertiary/aromatic N) is 2. The smallest absolute Gasteiger partial charge is 0.235 e. The molecular weight excluding hydrogens is 338 g/mol.